The van der Waals surface area contributed by atoms with Gasteiger partial charge >= 0.3 is 0 Å². The first-order valence-electron chi connectivity index (χ1n) is 4.69. The van der Waals surface area contributed by atoms with Gasteiger partial charge in [0.05, 0.1) is 11.7 Å². The highest BCUT2D eigenvalue weighted by atomic mass is 32.1. The van der Waals surface area contributed by atoms with Gasteiger partial charge in [0, 0.05) is 12.5 Å². The molecule has 80 valence electrons. The average molecular weight is 232 g/mol. The molecule has 0 aliphatic rings. The lowest BCUT2D eigenvalue weighted by molar-refractivity contribution is 0.561. The Morgan fingerprint density at radius 1 is 1.31 bits per heavy atom. The molecule has 2 N–H and O–H groups in total. The molecule has 0 bridgehead atoms. The molecule has 2 aromatic heterocycles. The monoisotopic (exact) mass is 232 g/mol. The fourth-order valence-electron chi connectivity index (χ4n) is 1.58. The van der Waals surface area contributed by atoms with Crippen molar-refractivity contribution in [2.75, 3.05) is 5.73 Å². The van der Waals surface area contributed by atoms with Gasteiger partial charge in [-0.3, -0.25) is 0 Å². The summed E-state index contributed by atoms with van der Waals surface area (Å²) in [7, 11) is 0. The summed E-state index contributed by atoms with van der Waals surface area (Å²) in [6.45, 7) is 1.82. The van der Waals surface area contributed by atoms with Crippen molar-refractivity contribution < 1.29 is 4.42 Å². The van der Waals surface area contributed by atoms with E-state index < -0.39 is 0 Å². The van der Waals surface area contributed by atoms with Crippen LogP contribution in [0.1, 0.15) is 5.89 Å². The van der Waals surface area contributed by atoms with Crippen LogP contribution in [-0.2, 0) is 0 Å². The van der Waals surface area contributed by atoms with Gasteiger partial charge in [-0.2, -0.15) is 8.75 Å². The number of anilines is 1. The van der Waals surface area contributed by atoms with E-state index in [1.54, 1.807) is 0 Å². The molecule has 0 fully saturated rings. The molecule has 0 spiro atoms. The number of nitrogen functional groups attached to an aromatic ring is 1. The third-order valence-corrected chi connectivity index (χ3v) is 2.83. The highest BCUT2D eigenvalue weighted by Gasteiger charge is 2.10. The minimum Gasteiger partial charge on any atom is -0.441 e. The molecule has 16 heavy (non-hydrogen) atoms. The summed E-state index contributed by atoms with van der Waals surface area (Å²) in [5.74, 6) is 1.09. The van der Waals surface area contributed by atoms with Gasteiger partial charge in [-0.1, -0.05) is 6.07 Å². The van der Waals surface area contributed by atoms with E-state index in [0.29, 0.717) is 17.4 Å². The van der Waals surface area contributed by atoms with Crippen molar-refractivity contribution in [1.82, 2.24) is 13.7 Å². The van der Waals surface area contributed by atoms with E-state index in [0.717, 1.165) is 28.4 Å². The molecular weight excluding hydrogens is 224 g/mol. The second kappa shape index (κ2) is 3.28. The first-order chi connectivity index (χ1) is 7.74. The van der Waals surface area contributed by atoms with E-state index in [1.807, 2.05) is 25.1 Å². The quantitative estimate of drug-likeness (QED) is 0.696. The van der Waals surface area contributed by atoms with Crippen molar-refractivity contribution in [3.05, 3.63) is 24.1 Å². The zero-order valence-corrected chi connectivity index (χ0v) is 9.28. The second-order valence-electron chi connectivity index (χ2n) is 3.41. The molecule has 0 saturated heterocycles. The lowest BCUT2D eigenvalue weighted by Gasteiger charge is -1.96. The number of benzene rings is 1. The normalized spacial score (nSPS) is 11.1. The Morgan fingerprint density at radius 3 is 2.94 bits per heavy atom. The lowest BCUT2D eigenvalue weighted by atomic mass is 10.1. The fourth-order valence-corrected chi connectivity index (χ4v) is 2.08. The van der Waals surface area contributed by atoms with E-state index in [9.17, 15) is 0 Å². The average Bonchev–Trinajstić information content (AvgIpc) is 2.81. The summed E-state index contributed by atoms with van der Waals surface area (Å²) in [4.78, 5) is 4.23. The molecule has 0 radical (unpaired) electrons. The van der Waals surface area contributed by atoms with Crippen molar-refractivity contribution >= 4 is 28.6 Å². The highest BCUT2D eigenvalue weighted by molar-refractivity contribution is 6.99. The van der Waals surface area contributed by atoms with E-state index in [4.69, 9.17) is 10.2 Å². The van der Waals surface area contributed by atoms with E-state index >= 15 is 0 Å². The van der Waals surface area contributed by atoms with Crippen molar-refractivity contribution in [1.29, 1.82) is 0 Å². The van der Waals surface area contributed by atoms with Gasteiger partial charge in [0.15, 0.2) is 17.3 Å². The lowest BCUT2D eigenvalue weighted by Crippen LogP contribution is -1.88. The van der Waals surface area contributed by atoms with Crippen LogP contribution in [0.15, 0.2) is 22.6 Å². The molecule has 0 aliphatic heterocycles. The number of hydrogen-bond acceptors (Lipinski definition) is 6. The van der Waals surface area contributed by atoms with Crippen LogP contribution in [0, 0.1) is 6.92 Å². The third-order valence-electron chi connectivity index (χ3n) is 2.28. The van der Waals surface area contributed by atoms with Crippen LogP contribution in [0.5, 0.6) is 0 Å². The van der Waals surface area contributed by atoms with Crippen molar-refractivity contribution in [2.45, 2.75) is 6.92 Å². The zero-order valence-electron chi connectivity index (χ0n) is 8.47. The number of hydrogen-bond donors (Lipinski definition) is 1. The number of fused-ring (bicyclic) bond motifs is 1. The van der Waals surface area contributed by atoms with Gasteiger partial charge in [-0.15, -0.1) is 0 Å². The Hall–Kier alpha value is -1.95. The number of aryl methyl sites for hydroxylation is 1. The summed E-state index contributed by atoms with van der Waals surface area (Å²) in [6, 6.07) is 5.68. The SMILES string of the molecule is Cc1nc2ccc(-c3nsnc3N)cc2o1. The van der Waals surface area contributed by atoms with Crippen LogP contribution in [0.2, 0.25) is 0 Å². The van der Waals surface area contributed by atoms with Gasteiger partial charge in [-0.25, -0.2) is 4.98 Å². The second-order valence-corrected chi connectivity index (χ2v) is 3.94. The Bertz CT molecular complexity index is 658. The molecule has 0 atom stereocenters. The van der Waals surface area contributed by atoms with E-state index in [-0.39, 0.29) is 0 Å². The topological polar surface area (TPSA) is 77.8 Å². The molecular formula is C10H8N4OS. The number of rotatable bonds is 1. The molecule has 3 aromatic rings. The molecule has 3 rings (SSSR count). The Morgan fingerprint density at radius 2 is 2.19 bits per heavy atom. The summed E-state index contributed by atoms with van der Waals surface area (Å²) in [6.07, 6.45) is 0. The molecule has 2 heterocycles. The molecule has 0 aliphatic carbocycles. The van der Waals surface area contributed by atoms with Crippen LogP contribution in [0.4, 0.5) is 5.82 Å². The van der Waals surface area contributed by atoms with Crippen LogP contribution in [0.3, 0.4) is 0 Å². The van der Waals surface area contributed by atoms with Crippen molar-refractivity contribution in [2.24, 2.45) is 0 Å². The summed E-state index contributed by atoms with van der Waals surface area (Å²) < 4.78 is 13.5. The van der Waals surface area contributed by atoms with Gasteiger partial charge in [0.25, 0.3) is 0 Å². The van der Waals surface area contributed by atoms with Gasteiger partial charge in [0.1, 0.15) is 11.2 Å². The molecule has 0 amide bonds. The third kappa shape index (κ3) is 1.35. The van der Waals surface area contributed by atoms with Crippen LogP contribution < -0.4 is 5.73 Å². The maximum atomic E-state index is 5.71. The van der Waals surface area contributed by atoms with Gasteiger partial charge < -0.3 is 10.2 Å². The Labute approximate surface area is 95.3 Å². The standard InChI is InChI=1S/C10H8N4OS/c1-5-12-7-3-2-6(4-8(7)15-5)9-10(11)14-16-13-9/h2-4H,1H3,(H2,11,14). The predicted molar refractivity (Wildman–Crippen MR) is 62.1 cm³/mol. The van der Waals surface area contributed by atoms with Gasteiger partial charge in [0.2, 0.25) is 0 Å². The Kier molecular flexibility index (Phi) is 1.90. The number of nitrogens with zero attached hydrogens (tertiary/aromatic N) is 3. The largest absolute Gasteiger partial charge is 0.441 e. The summed E-state index contributed by atoms with van der Waals surface area (Å²) in [5.41, 5.74) is 8.88. The number of aromatic nitrogens is 3. The van der Waals surface area contributed by atoms with Crippen LogP contribution in [-0.4, -0.2) is 13.7 Å². The first kappa shape index (κ1) is 9.29. The first-order valence-corrected chi connectivity index (χ1v) is 5.42. The highest BCUT2D eigenvalue weighted by Crippen LogP contribution is 2.27. The van der Waals surface area contributed by atoms with Crippen molar-refractivity contribution in [3.63, 3.8) is 0 Å². The smallest absolute Gasteiger partial charge is 0.192 e. The molecule has 5 nitrogen and oxygen atoms in total. The van der Waals surface area contributed by atoms with Crippen LogP contribution in [0.25, 0.3) is 22.4 Å². The minimum atomic E-state index is 0.445. The summed E-state index contributed by atoms with van der Waals surface area (Å²) in [5, 5.41) is 0. The van der Waals surface area contributed by atoms with E-state index in [2.05, 4.69) is 13.7 Å². The minimum absolute atomic E-state index is 0.445. The fraction of sp³-hybridized carbons (Fsp3) is 0.100. The summed E-state index contributed by atoms with van der Waals surface area (Å²) >= 11 is 1.10. The zero-order chi connectivity index (χ0) is 11.1. The molecule has 1 aromatic carbocycles. The van der Waals surface area contributed by atoms with Crippen LogP contribution >= 0.6 is 11.7 Å². The molecule has 6 heteroatoms. The van der Waals surface area contributed by atoms with Gasteiger partial charge in [-0.05, 0) is 12.1 Å². The maximum absolute atomic E-state index is 5.71. The van der Waals surface area contributed by atoms with Crippen molar-refractivity contribution in [3.8, 4) is 11.3 Å². The molecule has 0 saturated carbocycles. The predicted octanol–water partition coefficient (Wildman–Crippen LogP) is 2.24. The van der Waals surface area contributed by atoms with E-state index in [1.165, 1.54) is 0 Å². The Balaban J connectivity index is 2.22. The molecule has 0 unspecified atom stereocenters. The number of nitrogens with two attached hydrogens (primary N) is 1. The number of oxazole rings is 1. The maximum Gasteiger partial charge on any atom is 0.192 e.